The molecule has 4 aliphatic carbocycles. The quantitative estimate of drug-likeness (QED) is 0.693. The lowest BCUT2D eigenvalue weighted by molar-refractivity contribution is -0.261. The Morgan fingerprint density at radius 3 is 2.38 bits per heavy atom. The second-order valence-corrected chi connectivity index (χ2v) is 9.60. The molecule has 4 saturated carbocycles. The van der Waals surface area contributed by atoms with Crippen LogP contribution in [0.3, 0.4) is 0 Å². The topological polar surface area (TPSA) is 35.5 Å². The summed E-state index contributed by atoms with van der Waals surface area (Å²) in [5.74, 6) is 3.12. The van der Waals surface area contributed by atoms with E-state index < -0.39 is 0 Å². The lowest BCUT2D eigenvalue weighted by Crippen LogP contribution is -2.56. The van der Waals surface area contributed by atoms with E-state index in [-0.39, 0.29) is 11.2 Å². The van der Waals surface area contributed by atoms with Crippen molar-refractivity contribution in [1.29, 1.82) is 0 Å². The van der Waals surface area contributed by atoms with Gasteiger partial charge in [0.1, 0.15) is 5.78 Å². The summed E-state index contributed by atoms with van der Waals surface area (Å²) in [5.41, 5.74) is 0.415. The molecule has 4 rings (SSSR count). The number of rotatable bonds is 2. The summed E-state index contributed by atoms with van der Waals surface area (Å²) < 4.78 is 11.6. The highest BCUT2D eigenvalue weighted by Crippen LogP contribution is 2.66. The van der Waals surface area contributed by atoms with E-state index in [0.717, 1.165) is 43.9 Å². The molecule has 0 aliphatic heterocycles. The maximum absolute atomic E-state index is 12.5. The van der Waals surface area contributed by atoms with Gasteiger partial charge in [-0.05, 0) is 67.6 Å². The molecule has 3 heteroatoms. The van der Waals surface area contributed by atoms with Crippen molar-refractivity contribution >= 4 is 5.78 Å². The van der Waals surface area contributed by atoms with Crippen LogP contribution in [0.15, 0.2) is 0 Å². The molecule has 0 bridgehead atoms. The molecule has 4 aliphatic rings. The summed E-state index contributed by atoms with van der Waals surface area (Å²) in [7, 11) is 3.60. The molecule has 136 valence electrons. The van der Waals surface area contributed by atoms with Gasteiger partial charge in [0, 0.05) is 38.9 Å². The number of hydrogen-bond acceptors (Lipinski definition) is 3. The smallest absolute Gasteiger partial charge is 0.167 e. The number of ether oxygens (including phenoxy) is 2. The summed E-state index contributed by atoms with van der Waals surface area (Å²) in [4.78, 5) is 12.5. The average molecular weight is 335 g/mol. The van der Waals surface area contributed by atoms with E-state index in [1.165, 1.54) is 25.7 Å². The van der Waals surface area contributed by atoms with E-state index in [1.54, 1.807) is 14.2 Å². The average Bonchev–Trinajstić information content (AvgIpc) is 2.90. The van der Waals surface area contributed by atoms with E-state index in [4.69, 9.17) is 9.47 Å². The van der Waals surface area contributed by atoms with Crippen molar-refractivity contribution in [2.75, 3.05) is 14.2 Å². The zero-order chi connectivity index (χ0) is 17.2. The van der Waals surface area contributed by atoms with Crippen LogP contribution in [0.2, 0.25) is 0 Å². The molecule has 0 heterocycles. The van der Waals surface area contributed by atoms with E-state index in [2.05, 4.69) is 13.8 Å². The lowest BCUT2D eigenvalue weighted by atomic mass is 9.45. The summed E-state index contributed by atoms with van der Waals surface area (Å²) in [6.45, 7) is 4.82. The molecule has 3 nitrogen and oxygen atoms in total. The maximum Gasteiger partial charge on any atom is 0.167 e. The van der Waals surface area contributed by atoms with Crippen LogP contribution >= 0.6 is 0 Å². The predicted molar refractivity (Wildman–Crippen MR) is 93.5 cm³/mol. The predicted octanol–water partition coefficient (Wildman–Crippen LogP) is 4.59. The summed E-state index contributed by atoms with van der Waals surface area (Å²) in [6.07, 6.45) is 10.2. The van der Waals surface area contributed by atoms with Crippen LogP contribution in [0, 0.1) is 34.5 Å². The zero-order valence-corrected chi connectivity index (χ0v) is 15.9. The van der Waals surface area contributed by atoms with E-state index >= 15 is 0 Å². The van der Waals surface area contributed by atoms with Crippen molar-refractivity contribution in [3.63, 3.8) is 0 Å². The van der Waals surface area contributed by atoms with Crippen molar-refractivity contribution in [3.05, 3.63) is 0 Å². The monoisotopic (exact) mass is 334 g/mol. The Morgan fingerprint density at radius 2 is 1.67 bits per heavy atom. The number of Topliss-reactive ketones (excluding diaryl/α,β-unsaturated/α-hetero) is 1. The van der Waals surface area contributed by atoms with Crippen LogP contribution in [-0.4, -0.2) is 25.8 Å². The first-order valence-electron chi connectivity index (χ1n) is 10.0. The third kappa shape index (κ3) is 2.13. The fourth-order valence-corrected chi connectivity index (χ4v) is 7.42. The highest BCUT2D eigenvalue weighted by Gasteiger charge is 2.61. The van der Waals surface area contributed by atoms with Crippen LogP contribution in [0.4, 0.5) is 0 Å². The van der Waals surface area contributed by atoms with Gasteiger partial charge in [-0.25, -0.2) is 0 Å². The van der Waals surface area contributed by atoms with Gasteiger partial charge >= 0.3 is 0 Å². The summed E-state index contributed by atoms with van der Waals surface area (Å²) in [6, 6.07) is 0. The fraction of sp³-hybridized carbons (Fsp3) is 0.952. The first kappa shape index (κ1) is 17.0. The molecule has 0 aromatic rings. The molecular formula is C21H34O3. The van der Waals surface area contributed by atoms with Gasteiger partial charge in [0.25, 0.3) is 0 Å². The Morgan fingerprint density at radius 1 is 0.917 bits per heavy atom. The zero-order valence-electron chi connectivity index (χ0n) is 15.9. The standard InChI is InChI=1S/C21H34O3/c1-19-11-12-21(23-3,24-4)13-14(19)5-6-15-16-7-8-18(22)20(16,2)10-9-17(15)19/h14-17H,5-13H2,1-4H3/t14-,15-,16+,17+,19-,20-/m0/s1. The molecule has 0 N–H and O–H groups in total. The molecular weight excluding hydrogens is 300 g/mol. The van der Waals surface area contributed by atoms with Crippen LogP contribution in [0.5, 0.6) is 0 Å². The number of hydrogen-bond donors (Lipinski definition) is 0. The van der Waals surface area contributed by atoms with E-state index in [1.807, 2.05) is 0 Å². The first-order chi connectivity index (χ1) is 11.4. The van der Waals surface area contributed by atoms with Crippen LogP contribution in [-0.2, 0) is 14.3 Å². The highest BCUT2D eigenvalue weighted by atomic mass is 16.7. The molecule has 0 unspecified atom stereocenters. The van der Waals surface area contributed by atoms with Gasteiger partial charge in [-0.1, -0.05) is 13.8 Å². The Balaban J connectivity index is 1.60. The largest absolute Gasteiger partial charge is 0.353 e. The molecule has 4 fully saturated rings. The second kappa shape index (κ2) is 5.54. The highest BCUT2D eigenvalue weighted by molar-refractivity contribution is 5.87. The van der Waals surface area contributed by atoms with Gasteiger partial charge in [0.2, 0.25) is 0 Å². The van der Waals surface area contributed by atoms with Crippen molar-refractivity contribution in [2.24, 2.45) is 34.5 Å². The molecule has 0 spiro atoms. The van der Waals surface area contributed by atoms with Crippen molar-refractivity contribution < 1.29 is 14.3 Å². The Hall–Kier alpha value is -0.410. The Bertz CT molecular complexity index is 525. The van der Waals surface area contributed by atoms with Gasteiger partial charge in [-0.2, -0.15) is 0 Å². The minimum absolute atomic E-state index is 0.00183. The number of carbonyl (C=O) groups excluding carboxylic acids is 1. The second-order valence-electron chi connectivity index (χ2n) is 9.60. The fourth-order valence-electron chi connectivity index (χ4n) is 7.42. The number of fused-ring (bicyclic) bond motifs is 5. The summed E-state index contributed by atoms with van der Waals surface area (Å²) in [5, 5.41) is 0. The van der Waals surface area contributed by atoms with E-state index in [9.17, 15) is 4.79 Å². The molecule has 0 saturated heterocycles. The van der Waals surface area contributed by atoms with Gasteiger partial charge in [0.15, 0.2) is 5.79 Å². The van der Waals surface area contributed by atoms with Gasteiger partial charge in [-0.3, -0.25) is 4.79 Å². The van der Waals surface area contributed by atoms with Crippen molar-refractivity contribution in [2.45, 2.75) is 77.4 Å². The number of carbonyl (C=O) groups is 1. The molecule has 0 amide bonds. The minimum Gasteiger partial charge on any atom is -0.353 e. The third-order valence-electron chi connectivity index (χ3n) is 9.12. The molecule has 0 radical (unpaired) electrons. The minimum atomic E-state index is -0.358. The molecule has 6 atom stereocenters. The van der Waals surface area contributed by atoms with Crippen LogP contribution < -0.4 is 0 Å². The maximum atomic E-state index is 12.5. The third-order valence-corrected chi connectivity index (χ3v) is 9.12. The molecule has 24 heavy (non-hydrogen) atoms. The molecule has 0 aromatic carbocycles. The van der Waals surface area contributed by atoms with Crippen LogP contribution in [0.25, 0.3) is 0 Å². The van der Waals surface area contributed by atoms with E-state index in [0.29, 0.717) is 23.0 Å². The number of ketones is 1. The van der Waals surface area contributed by atoms with Crippen molar-refractivity contribution in [3.8, 4) is 0 Å². The summed E-state index contributed by atoms with van der Waals surface area (Å²) >= 11 is 0. The normalized spacial score (nSPS) is 50.1. The SMILES string of the molecule is COC1(OC)CC[C@@]2(C)[C@@H](CC[C@@H]3[C@H]2CC[C@]2(C)C(=O)CC[C@H]32)C1. The van der Waals surface area contributed by atoms with Gasteiger partial charge in [0.05, 0.1) is 0 Å². The number of methoxy groups -OCH3 is 2. The Kier molecular flexibility index (Phi) is 3.93. The van der Waals surface area contributed by atoms with Gasteiger partial charge < -0.3 is 9.47 Å². The van der Waals surface area contributed by atoms with Crippen LogP contribution in [0.1, 0.15) is 71.6 Å². The molecule has 0 aromatic heterocycles. The van der Waals surface area contributed by atoms with Gasteiger partial charge in [-0.15, -0.1) is 0 Å². The Labute approximate surface area is 146 Å². The lowest BCUT2D eigenvalue weighted by Gasteiger charge is -2.61. The first-order valence-corrected chi connectivity index (χ1v) is 10.0. The van der Waals surface area contributed by atoms with Crippen molar-refractivity contribution in [1.82, 2.24) is 0 Å².